The predicted molar refractivity (Wildman–Crippen MR) is 78.9 cm³/mol. The molecule has 1 aliphatic rings. The lowest BCUT2D eigenvalue weighted by Crippen LogP contribution is -1.79. The minimum atomic E-state index is 0.364. The van der Waals surface area contributed by atoms with E-state index in [0.717, 1.165) is 6.42 Å². The van der Waals surface area contributed by atoms with E-state index in [-0.39, 0.29) is 0 Å². The fourth-order valence-corrected chi connectivity index (χ4v) is 1.61. The predicted octanol–water partition coefficient (Wildman–Crippen LogP) is 4.95. The van der Waals surface area contributed by atoms with Gasteiger partial charge in [-0.1, -0.05) is 41.5 Å². The summed E-state index contributed by atoms with van der Waals surface area (Å²) < 4.78 is 0. The fraction of sp³-hybridized carbons (Fsp3) is 0.294. The molecule has 1 aliphatic carbocycles. The maximum atomic E-state index is 8.95. The molecular weight excluding hydrogens is 220 g/mol. The van der Waals surface area contributed by atoms with Crippen molar-refractivity contribution in [1.29, 1.82) is 0 Å². The fourth-order valence-electron chi connectivity index (χ4n) is 1.61. The first kappa shape index (κ1) is 14.3. The largest absolute Gasteiger partial charge is 0.508 e. The molecule has 18 heavy (non-hydrogen) atoms. The lowest BCUT2D eigenvalue weighted by Gasteiger charge is -1.98. The molecule has 96 valence electrons. The Morgan fingerprint density at radius 2 is 1.61 bits per heavy atom. The third-order valence-electron chi connectivity index (χ3n) is 2.95. The molecule has 0 atom stereocenters. The number of hydrogen-bond donors (Lipinski definition) is 1. The zero-order valence-electron chi connectivity index (χ0n) is 11.7. The van der Waals surface area contributed by atoms with Crippen LogP contribution in [0.3, 0.4) is 0 Å². The Labute approximate surface area is 110 Å². The van der Waals surface area contributed by atoms with Gasteiger partial charge < -0.3 is 5.11 Å². The van der Waals surface area contributed by atoms with Crippen LogP contribution in [0.4, 0.5) is 0 Å². The maximum absolute atomic E-state index is 8.95. The molecule has 0 saturated carbocycles. The number of aryl methyl sites for hydroxylation is 3. The van der Waals surface area contributed by atoms with Crippen molar-refractivity contribution in [2.24, 2.45) is 0 Å². The van der Waals surface area contributed by atoms with Crippen LogP contribution in [0.25, 0.3) is 0 Å². The van der Waals surface area contributed by atoms with E-state index in [4.69, 9.17) is 5.11 Å². The number of hydrogen-bond acceptors (Lipinski definition) is 1. The summed E-state index contributed by atoms with van der Waals surface area (Å²) in [5, 5.41) is 8.95. The summed E-state index contributed by atoms with van der Waals surface area (Å²) >= 11 is 0. The van der Waals surface area contributed by atoms with E-state index in [0.29, 0.717) is 5.76 Å². The van der Waals surface area contributed by atoms with E-state index < -0.39 is 0 Å². The Bertz CT molecular complexity index is 470. The SMILES string of the molecule is CC1=CCC=C(O)C=C1.Cc1ccc(C)c(C)c1. The normalized spacial score (nSPS) is 14.0. The smallest absolute Gasteiger partial charge is 0.111 e. The van der Waals surface area contributed by atoms with Gasteiger partial charge in [0.25, 0.3) is 0 Å². The van der Waals surface area contributed by atoms with Gasteiger partial charge in [0.2, 0.25) is 0 Å². The highest BCUT2D eigenvalue weighted by Gasteiger charge is 1.90. The summed E-state index contributed by atoms with van der Waals surface area (Å²) in [6, 6.07) is 6.50. The summed E-state index contributed by atoms with van der Waals surface area (Å²) in [4.78, 5) is 0. The van der Waals surface area contributed by atoms with Gasteiger partial charge in [0.05, 0.1) is 0 Å². The summed E-state index contributed by atoms with van der Waals surface area (Å²) in [6.07, 6.45) is 8.30. The summed E-state index contributed by atoms with van der Waals surface area (Å²) in [5.41, 5.74) is 5.31. The first-order valence-electron chi connectivity index (χ1n) is 6.27. The Balaban J connectivity index is 0.000000180. The molecule has 1 heteroatoms. The van der Waals surface area contributed by atoms with Crippen LogP contribution < -0.4 is 0 Å². The number of aliphatic hydroxyl groups excluding tert-OH is 1. The average Bonchev–Trinajstić information content (AvgIpc) is 2.50. The van der Waals surface area contributed by atoms with Gasteiger partial charge in [0.1, 0.15) is 5.76 Å². The van der Waals surface area contributed by atoms with Crippen molar-refractivity contribution in [1.82, 2.24) is 0 Å². The van der Waals surface area contributed by atoms with Crippen LogP contribution in [0.2, 0.25) is 0 Å². The van der Waals surface area contributed by atoms with Crippen molar-refractivity contribution in [2.75, 3.05) is 0 Å². The molecule has 2 rings (SSSR count). The zero-order valence-corrected chi connectivity index (χ0v) is 11.7. The van der Waals surface area contributed by atoms with Gasteiger partial charge >= 0.3 is 0 Å². The van der Waals surface area contributed by atoms with Gasteiger partial charge in [-0.05, 0) is 57.4 Å². The van der Waals surface area contributed by atoms with Crippen LogP contribution in [-0.2, 0) is 0 Å². The summed E-state index contributed by atoms with van der Waals surface area (Å²) in [7, 11) is 0. The molecule has 0 aliphatic heterocycles. The molecule has 1 nitrogen and oxygen atoms in total. The summed E-state index contributed by atoms with van der Waals surface area (Å²) in [5.74, 6) is 0.364. The topological polar surface area (TPSA) is 20.2 Å². The molecule has 1 N–H and O–H groups in total. The summed E-state index contributed by atoms with van der Waals surface area (Å²) in [6.45, 7) is 8.41. The highest BCUT2D eigenvalue weighted by Crippen LogP contribution is 2.08. The first-order chi connectivity index (χ1) is 8.49. The molecule has 0 aromatic heterocycles. The highest BCUT2D eigenvalue weighted by molar-refractivity contribution is 5.29. The average molecular weight is 242 g/mol. The van der Waals surface area contributed by atoms with Crippen LogP contribution >= 0.6 is 0 Å². The number of allylic oxidation sites excluding steroid dienone is 5. The van der Waals surface area contributed by atoms with Gasteiger partial charge in [-0.15, -0.1) is 0 Å². The van der Waals surface area contributed by atoms with Gasteiger partial charge in [-0.25, -0.2) is 0 Å². The van der Waals surface area contributed by atoms with Gasteiger partial charge in [0.15, 0.2) is 0 Å². The standard InChI is InChI=1S/C9H12.C8H10O/c1-7-4-5-8(2)9(3)6-7;1-7-3-2-4-8(9)6-5-7/h4-6H,1-3H3;3-6,9H,2H2,1H3. The van der Waals surface area contributed by atoms with E-state index in [1.807, 2.05) is 13.0 Å². The van der Waals surface area contributed by atoms with E-state index in [1.54, 1.807) is 12.2 Å². The zero-order chi connectivity index (χ0) is 13.5. The molecule has 0 unspecified atom stereocenters. The Hall–Kier alpha value is -1.76. The Morgan fingerprint density at radius 1 is 0.889 bits per heavy atom. The van der Waals surface area contributed by atoms with E-state index in [1.165, 1.54) is 22.3 Å². The third-order valence-corrected chi connectivity index (χ3v) is 2.95. The third kappa shape index (κ3) is 5.05. The first-order valence-corrected chi connectivity index (χ1v) is 6.27. The molecule has 1 aromatic rings. The second-order valence-electron chi connectivity index (χ2n) is 4.73. The number of rotatable bonds is 0. The quantitative estimate of drug-likeness (QED) is 0.682. The number of aliphatic hydroxyl groups is 1. The number of benzene rings is 1. The van der Waals surface area contributed by atoms with Crippen molar-refractivity contribution >= 4 is 0 Å². The van der Waals surface area contributed by atoms with Crippen molar-refractivity contribution in [3.63, 3.8) is 0 Å². The minimum absolute atomic E-state index is 0.364. The maximum Gasteiger partial charge on any atom is 0.111 e. The molecular formula is C17H22O. The molecule has 0 spiro atoms. The van der Waals surface area contributed by atoms with Crippen LogP contribution in [0, 0.1) is 20.8 Å². The highest BCUT2D eigenvalue weighted by atomic mass is 16.3. The molecule has 0 radical (unpaired) electrons. The van der Waals surface area contributed by atoms with Gasteiger partial charge in [-0.3, -0.25) is 0 Å². The van der Waals surface area contributed by atoms with Crippen LogP contribution in [0.1, 0.15) is 30.0 Å². The van der Waals surface area contributed by atoms with E-state index in [9.17, 15) is 0 Å². The van der Waals surface area contributed by atoms with Crippen LogP contribution in [0.5, 0.6) is 0 Å². The Kier molecular flexibility index (Phi) is 5.44. The second kappa shape index (κ2) is 6.85. The molecule has 0 saturated heterocycles. The van der Waals surface area contributed by atoms with Crippen molar-refractivity contribution in [3.05, 3.63) is 70.5 Å². The lowest BCUT2D eigenvalue weighted by molar-refractivity contribution is 0.431. The van der Waals surface area contributed by atoms with Gasteiger partial charge in [0, 0.05) is 0 Å². The van der Waals surface area contributed by atoms with Crippen molar-refractivity contribution in [2.45, 2.75) is 34.1 Å². The molecule has 0 fully saturated rings. The molecule has 0 amide bonds. The van der Waals surface area contributed by atoms with Crippen molar-refractivity contribution in [3.8, 4) is 0 Å². The molecule has 1 aromatic carbocycles. The van der Waals surface area contributed by atoms with E-state index in [2.05, 4.69) is 45.0 Å². The Morgan fingerprint density at radius 3 is 2.22 bits per heavy atom. The lowest BCUT2D eigenvalue weighted by atomic mass is 10.1. The monoisotopic (exact) mass is 242 g/mol. The molecule has 0 heterocycles. The van der Waals surface area contributed by atoms with Gasteiger partial charge in [-0.2, -0.15) is 0 Å². The molecule has 0 bridgehead atoms. The van der Waals surface area contributed by atoms with Crippen LogP contribution in [0.15, 0.2) is 53.8 Å². The van der Waals surface area contributed by atoms with E-state index >= 15 is 0 Å². The minimum Gasteiger partial charge on any atom is -0.508 e. The van der Waals surface area contributed by atoms with Crippen LogP contribution in [-0.4, -0.2) is 5.11 Å². The van der Waals surface area contributed by atoms with Crippen molar-refractivity contribution < 1.29 is 5.11 Å². The second-order valence-corrected chi connectivity index (χ2v) is 4.73.